The first kappa shape index (κ1) is 16.2. The Bertz CT molecular complexity index is 621. The Morgan fingerprint density at radius 2 is 2.10 bits per heavy atom. The molecular weight excluding hydrogens is 334 g/mol. The van der Waals surface area contributed by atoms with E-state index in [-0.39, 0.29) is 17.6 Å². The third-order valence-corrected chi connectivity index (χ3v) is 3.01. The lowest BCUT2D eigenvalue weighted by Gasteiger charge is -2.20. The van der Waals surface area contributed by atoms with Crippen molar-refractivity contribution in [1.29, 1.82) is 0 Å². The fourth-order valence-corrected chi connectivity index (χ4v) is 1.92. The van der Waals surface area contributed by atoms with Gasteiger partial charge in [0.2, 0.25) is 5.91 Å². The third-order valence-electron chi connectivity index (χ3n) is 2.45. The highest BCUT2D eigenvalue weighted by atomic mass is 79.9. The van der Waals surface area contributed by atoms with Gasteiger partial charge in [0.05, 0.1) is 4.47 Å². The number of nitrogens with zero attached hydrogens (tertiary/aromatic N) is 2. The van der Waals surface area contributed by atoms with Crippen LogP contribution in [0.15, 0.2) is 20.3 Å². The highest BCUT2D eigenvalue weighted by molar-refractivity contribution is 9.10. The van der Waals surface area contributed by atoms with Gasteiger partial charge in [-0.3, -0.25) is 23.9 Å². The molecule has 0 aliphatic rings. The fraction of sp³-hybridized carbons (Fsp3) is 0.455. The molecule has 1 aromatic heterocycles. The van der Waals surface area contributed by atoms with E-state index in [0.29, 0.717) is 6.42 Å². The van der Waals surface area contributed by atoms with E-state index in [1.54, 1.807) is 0 Å². The van der Waals surface area contributed by atoms with Crippen LogP contribution in [-0.4, -0.2) is 44.5 Å². The van der Waals surface area contributed by atoms with Gasteiger partial charge in [-0.2, -0.15) is 0 Å². The Hall–Kier alpha value is -1.90. The molecule has 0 saturated heterocycles. The van der Waals surface area contributed by atoms with E-state index in [4.69, 9.17) is 5.11 Å². The van der Waals surface area contributed by atoms with Crippen LogP contribution >= 0.6 is 15.9 Å². The summed E-state index contributed by atoms with van der Waals surface area (Å²) in [4.78, 5) is 48.6. The minimum atomic E-state index is -1.12. The molecule has 0 saturated carbocycles. The van der Waals surface area contributed by atoms with Crippen molar-refractivity contribution in [1.82, 2.24) is 14.5 Å². The summed E-state index contributed by atoms with van der Waals surface area (Å²) >= 11 is 2.96. The van der Waals surface area contributed by atoms with Gasteiger partial charge in [-0.15, -0.1) is 0 Å². The van der Waals surface area contributed by atoms with Crippen molar-refractivity contribution in [2.24, 2.45) is 0 Å². The largest absolute Gasteiger partial charge is 0.480 e. The van der Waals surface area contributed by atoms with Crippen LogP contribution in [0.2, 0.25) is 0 Å². The van der Waals surface area contributed by atoms with Crippen molar-refractivity contribution in [3.8, 4) is 0 Å². The Labute approximate surface area is 122 Å². The zero-order valence-electron chi connectivity index (χ0n) is 10.8. The maximum Gasteiger partial charge on any atom is 0.328 e. The second-order valence-corrected chi connectivity index (χ2v) is 4.93. The summed E-state index contributed by atoms with van der Waals surface area (Å²) in [6.45, 7) is 1.34. The van der Waals surface area contributed by atoms with E-state index in [2.05, 4.69) is 15.9 Å². The lowest BCUT2D eigenvalue weighted by Crippen LogP contribution is -2.41. The summed E-state index contributed by atoms with van der Waals surface area (Å²) in [5, 5.41) is 8.74. The molecule has 1 heterocycles. The molecule has 1 amide bonds. The van der Waals surface area contributed by atoms with Crippen molar-refractivity contribution < 1.29 is 14.7 Å². The number of amides is 1. The predicted molar refractivity (Wildman–Crippen MR) is 73.5 cm³/mol. The van der Waals surface area contributed by atoms with Gasteiger partial charge < -0.3 is 10.0 Å². The molecule has 0 fully saturated rings. The smallest absolute Gasteiger partial charge is 0.328 e. The van der Waals surface area contributed by atoms with Crippen LogP contribution in [0.4, 0.5) is 0 Å². The lowest BCUT2D eigenvalue weighted by molar-refractivity contribution is -0.144. The molecule has 1 aromatic rings. The van der Waals surface area contributed by atoms with Gasteiger partial charge in [-0.25, -0.2) is 4.79 Å². The molecule has 0 aromatic carbocycles. The van der Waals surface area contributed by atoms with E-state index < -0.39 is 29.7 Å². The van der Waals surface area contributed by atoms with Gasteiger partial charge in [0.25, 0.3) is 5.56 Å². The van der Waals surface area contributed by atoms with Gasteiger partial charge in [0, 0.05) is 12.7 Å². The number of carbonyl (C=O) groups excluding carboxylic acids is 1. The summed E-state index contributed by atoms with van der Waals surface area (Å²) in [5.41, 5.74) is -1.31. The average Bonchev–Trinajstić information content (AvgIpc) is 2.34. The van der Waals surface area contributed by atoms with Gasteiger partial charge in [0.15, 0.2) is 0 Å². The highest BCUT2D eigenvalue weighted by Crippen LogP contribution is 2.00. The molecule has 0 spiro atoms. The van der Waals surface area contributed by atoms with E-state index in [1.807, 2.05) is 11.9 Å². The van der Waals surface area contributed by atoms with Crippen molar-refractivity contribution in [2.45, 2.75) is 19.9 Å². The number of aromatic nitrogens is 2. The van der Waals surface area contributed by atoms with Crippen LogP contribution < -0.4 is 11.2 Å². The number of H-pyrrole nitrogens is 1. The van der Waals surface area contributed by atoms with Crippen LogP contribution in [0, 0.1) is 0 Å². The second-order valence-electron chi connectivity index (χ2n) is 4.07. The maximum absolute atomic E-state index is 12.0. The molecule has 0 aliphatic heterocycles. The summed E-state index contributed by atoms with van der Waals surface area (Å²) in [5.74, 6) is -1.63. The van der Waals surface area contributed by atoms with E-state index >= 15 is 0 Å². The topological polar surface area (TPSA) is 112 Å². The maximum atomic E-state index is 12.0. The van der Waals surface area contributed by atoms with Crippen molar-refractivity contribution in [3.05, 3.63) is 31.5 Å². The fourth-order valence-electron chi connectivity index (χ4n) is 1.57. The molecule has 1 rings (SSSR count). The molecule has 0 bridgehead atoms. The van der Waals surface area contributed by atoms with Gasteiger partial charge in [-0.1, -0.05) is 6.92 Å². The van der Waals surface area contributed by atoms with Crippen molar-refractivity contribution in [3.63, 3.8) is 0 Å². The normalized spacial score (nSPS) is 10.3. The number of halogens is 1. The number of hydrogen-bond donors (Lipinski definition) is 2. The number of aromatic amines is 1. The van der Waals surface area contributed by atoms with Crippen LogP contribution in [0.5, 0.6) is 0 Å². The zero-order valence-corrected chi connectivity index (χ0v) is 12.3. The van der Waals surface area contributed by atoms with E-state index in [9.17, 15) is 19.2 Å². The molecule has 0 aliphatic carbocycles. The summed E-state index contributed by atoms with van der Waals surface area (Å²) in [6.07, 6.45) is 1.80. The Balaban J connectivity index is 2.93. The number of carboxylic acids is 1. The highest BCUT2D eigenvalue weighted by Gasteiger charge is 2.17. The molecule has 8 nitrogen and oxygen atoms in total. The van der Waals surface area contributed by atoms with Crippen molar-refractivity contribution >= 4 is 27.8 Å². The monoisotopic (exact) mass is 347 g/mol. The summed E-state index contributed by atoms with van der Waals surface area (Å²) in [7, 11) is 0. The van der Waals surface area contributed by atoms with Crippen LogP contribution in [0.3, 0.4) is 0 Å². The number of carbonyl (C=O) groups is 2. The first-order valence-electron chi connectivity index (χ1n) is 5.84. The molecular formula is C11H14BrN3O5. The number of aliphatic carboxylic acids is 1. The molecule has 9 heteroatoms. The zero-order chi connectivity index (χ0) is 15.3. The minimum Gasteiger partial charge on any atom is -0.480 e. The van der Waals surface area contributed by atoms with Crippen LogP contribution in [0.1, 0.15) is 13.3 Å². The number of nitrogens with one attached hydrogen (secondary N) is 1. The van der Waals surface area contributed by atoms with Crippen LogP contribution in [0.25, 0.3) is 0 Å². The second kappa shape index (κ2) is 7.04. The first-order valence-corrected chi connectivity index (χ1v) is 6.63. The van der Waals surface area contributed by atoms with Gasteiger partial charge in [-0.05, 0) is 22.4 Å². The summed E-state index contributed by atoms with van der Waals surface area (Å²) < 4.78 is 1.13. The molecule has 110 valence electrons. The van der Waals surface area contributed by atoms with E-state index in [0.717, 1.165) is 9.47 Å². The Morgan fingerprint density at radius 1 is 1.45 bits per heavy atom. The molecule has 0 unspecified atom stereocenters. The van der Waals surface area contributed by atoms with Gasteiger partial charge >= 0.3 is 11.7 Å². The first-order chi connectivity index (χ1) is 9.35. The van der Waals surface area contributed by atoms with E-state index in [1.165, 1.54) is 6.20 Å². The molecule has 2 N–H and O–H groups in total. The van der Waals surface area contributed by atoms with Gasteiger partial charge in [0.1, 0.15) is 13.1 Å². The molecule has 0 radical (unpaired) electrons. The Morgan fingerprint density at radius 3 is 2.65 bits per heavy atom. The average molecular weight is 348 g/mol. The Kier molecular flexibility index (Phi) is 5.68. The molecule has 20 heavy (non-hydrogen) atoms. The third kappa shape index (κ3) is 4.34. The minimum absolute atomic E-state index is 0.116. The van der Waals surface area contributed by atoms with Crippen LogP contribution in [-0.2, 0) is 16.1 Å². The summed E-state index contributed by atoms with van der Waals surface area (Å²) in [6, 6.07) is 0. The standard InChI is InChI=1S/C11H14BrN3O5/c1-2-3-14(6-9(17)18)8(16)5-15-4-7(12)10(19)13-11(15)20/h4H,2-3,5-6H2,1H3,(H,17,18)(H,13,19,20). The number of hydrogen-bond acceptors (Lipinski definition) is 4. The SMILES string of the molecule is CCCN(CC(=O)O)C(=O)Cn1cc(Br)c(=O)[nH]c1=O. The quantitative estimate of drug-likeness (QED) is 0.728. The molecule has 0 atom stereocenters. The predicted octanol–water partition coefficient (Wildman–Crippen LogP) is -0.378. The number of rotatable bonds is 6. The van der Waals surface area contributed by atoms with Crippen molar-refractivity contribution in [2.75, 3.05) is 13.1 Å². The number of carboxylic acid groups (broad SMARTS) is 1. The lowest BCUT2D eigenvalue weighted by atomic mass is 10.3.